The lowest BCUT2D eigenvalue weighted by Crippen LogP contribution is -2.52. The van der Waals surface area contributed by atoms with Crippen LogP contribution in [0.3, 0.4) is 0 Å². The number of hydrogen-bond acceptors (Lipinski definition) is 2. The van der Waals surface area contributed by atoms with Crippen molar-refractivity contribution in [2.24, 2.45) is 11.8 Å². The van der Waals surface area contributed by atoms with Crippen molar-refractivity contribution in [1.29, 1.82) is 0 Å². The van der Waals surface area contributed by atoms with Gasteiger partial charge in [0.15, 0.2) is 0 Å². The fourth-order valence-electron chi connectivity index (χ4n) is 2.84. The molecule has 0 aromatic heterocycles. The summed E-state index contributed by atoms with van der Waals surface area (Å²) in [5, 5.41) is 12.9. The Kier molecular flexibility index (Phi) is 3.92. The van der Waals surface area contributed by atoms with Gasteiger partial charge in [-0.1, -0.05) is 20.3 Å². The van der Waals surface area contributed by atoms with Gasteiger partial charge in [-0.15, -0.1) is 0 Å². The number of carbonyl (C=O) groups is 1. The van der Waals surface area contributed by atoms with Gasteiger partial charge in [0.25, 0.3) is 0 Å². The van der Waals surface area contributed by atoms with E-state index in [0.717, 1.165) is 19.4 Å². The van der Waals surface area contributed by atoms with Crippen LogP contribution in [0.4, 0.5) is 4.79 Å². The summed E-state index contributed by atoms with van der Waals surface area (Å²) in [6, 6.07) is 0.341. The number of nitrogens with one attached hydrogen (secondary N) is 1. The molecule has 0 aromatic carbocycles. The Morgan fingerprint density at radius 2 is 2.00 bits per heavy atom. The number of amides is 2. The van der Waals surface area contributed by atoms with Crippen LogP contribution in [0.15, 0.2) is 0 Å². The second-order valence-electron chi connectivity index (χ2n) is 5.74. The van der Waals surface area contributed by atoms with Gasteiger partial charge in [0.2, 0.25) is 0 Å². The van der Waals surface area contributed by atoms with Gasteiger partial charge in [0.1, 0.15) is 0 Å². The van der Waals surface area contributed by atoms with E-state index in [1.807, 2.05) is 6.92 Å². The van der Waals surface area contributed by atoms with Crippen molar-refractivity contribution in [3.8, 4) is 0 Å². The van der Waals surface area contributed by atoms with E-state index in [9.17, 15) is 9.90 Å². The normalized spacial score (nSPS) is 38.2. The number of aliphatic hydroxyl groups excluding tert-OH is 1. The molecule has 98 valence electrons. The minimum atomic E-state index is -0.365. The molecule has 0 radical (unpaired) electrons. The Bertz CT molecular complexity index is 283. The topological polar surface area (TPSA) is 52.6 Å². The zero-order valence-electron chi connectivity index (χ0n) is 10.9. The highest BCUT2D eigenvalue weighted by atomic mass is 16.3. The lowest BCUT2D eigenvalue weighted by molar-refractivity contribution is 0.0427. The minimum absolute atomic E-state index is 0.00898. The largest absolute Gasteiger partial charge is 0.391 e. The lowest BCUT2D eigenvalue weighted by Gasteiger charge is -2.35. The number of carbonyl (C=O) groups excluding carboxylic acids is 1. The number of urea groups is 1. The molecule has 2 fully saturated rings. The van der Waals surface area contributed by atoms with Gasteiger partial charge in [-0.3, -0.25) is 0 Å². The molecule has 2 N–H and O–H groups in total. The van der Waals surface area contributed by atoms with Crippen LogP contribution in [0, 0.1) is 11.8 Å². The molecule has 0 spiro atoms. The zero-order chi connectivity index (χ0) is 12.4. The Hall–Kier alpha value is -0.770. The van der Waals surface area contributed by atoms with Crippen LogP contribution in [0.1, 0.15) is 39.5 Å². The molecule has 2 rings (SSSR count). The summed E-state index contributed by atoms with van der Waals surface area (Å²) in [6.07, 6.45) is 4.06. The summed E-state index contributed by atoms with van der Waals surface area (Å²) < 4.78 is 0. The number of β-amino-alcohol motifs (C(OH)–C–C–N with tert-alkyl or cyclic N) is 1. The second kappa shape index (κ2) is 5.25. The van der Waals surface area contributed by atoms with Crippen LogP contribution in [-0.2, 0) is 0 Å². The van der Waals surface area contributed by atoms with Crippen molar-refractivity contribution in [2.45, 2.75) is 51.7 Å². The zero-order valence-corrected chi connectivity index (χ0v) is 10.9. The molecule has 1 saturated heterocycles. The van der Waals surface area contributed by atoms with Crippen molar-refractivity contribution >= 4 is 6.03 Å². The van der Waals surface area contributed by atoms with E-state index in [-0.39, 0.29) is 12.1 Å². The third kappa shape index (κ3) is 2.92. The molecule has 0 bridgehead atoms. The number of aliphatic hydroxyl groups is 1. The van der Waals surface area contributed by atoms with Gasteiger partial charge >= 0.3 is 6.03 Å². The van der Waals surface area contributed by atoms with E-state index in [1.165, 1.54) is 12.8 Å². The number of piperidine rings is 1. The summed E-state index contributed by atoms with van der Waals surface area (Å²) in [5.74, 6) is 0.900. The summed E-state index contributed by atoms with van der Waals surface area (Å²) in [4.78, 5) is 13.8. The van der Waals surface area contributed by atoms with E-state index >= 15 is 0 Å². The second-order valence-corrected chi connectivity index (χ2v) is 5.74. The molecule has 1 aliphatic carbocycles. The highest BCUT2D eigenvalue weighted by molar-refractivity contribution is 5.74. The molecule has 1 aliphatic heterocycles. The highest BCUT2D eigenvalue weighted by Gasteiger charge is 2.30. The third-order valence-corrected chi connectivity index (χ3v) is 4.38. The van der Waals surface area contributed by atoms with Gasteiger partial charge in [-0.05, 0) is 31.1 Å². The predicted octanol–water partition coefficient (Wildman–Crippen LogP) is 1.59. The van der Waals surface area contributed by atoms with E-state index in [1.54, 1.807) is 4.90 Å². The monoisotopic (exact) mass is 240 g/mol. The Balaban J connectivity index is 1.83. The standard InChI is InChI=1S/C13H24N2O2/c1-9-4-3-5-11(9)14-13(17)15-7-6-10(2)12(16)8-15/h9-12,16H,3-8H2,1-2H3,(H,14,17). The number of likely N-dealkylation sites (tertiary alicyclic amines) is 1. The maximum absolute atomic E-state index is 12.1. The molecule has 2 amide bonds. The molecule has 4 nitrogen and oxygen atoms in total. The third-order valence-electron chi connectivity index (χ3n) is 4.38. The first-order valence-electron chi connectivity index (χ1n) is 6.81. The van der Waals surface area contributed by atoms with Gasteiger partial charge in [0, 0.05) is 19.1 Å². The summed E-state index contributed by atoms with van der Waals surface area (Å²) >= 11 is 0. The van der Waals surface area contributed by atoms with E-state index in [2.05, 4.69) is 12.2 Å². The van der Waals surface area contributed by atoms with E-state index in [4.69, 9.17) is 0 Å². The van der Waals surface area contributed by atoms with Crippen LogP contribution in [0.2, 0.25) is 0 Å². The van der Waals surface area contributed by atoms with Gasteiger partial charge in [-0.2, -0.15) is 0 Å². The van der Waals surface area contributed by atoms with Crippen molar-refractivity contribution in [3.63, 3.8) is 0 Å². The molecule has 4 heteroatoms. The van der Waals surface area contributed by atoms with Gasteiger partial charge in [0.05, 0.1) is 6.10 Å². The van der Waals surface area contributed by atoms with Crippen molar-refractivity contribution in [2.75, 3.05) is 13.1 Å². The van der Waals surface area contributed by atoms with Crippen molar-refractivity contribution in [1.82, 2.24) is 10.2 Å². The summed E-state index contributed by atoms with van der Waals surface area (Å²) in [6.45, 7) is 5.49. The average molecular weight is 240 g/mol. The number of hydrogen-bond donors (Lipinski definition) is 2. The lowest BCUT2D eigenvalue weighted by atomic mass is 9.96. The molecular weight excluding hydrogens is 216 g/mol. The van der Waals surface area contributed by atoms with Crippen LogP contribution < -0.4 is 5.32 Å². The summed E-state index contributed by atoms with van der Waals surface area (Å²) in [5.41, 5.74) is 0. The minimum Gasteiger partial charge on any atom is -0.391 e. The molecule has 2 aliphatic rings. The van der Waals surface area contributed by atoms with Crippen LogP contribution in [0.5, 0.6) is 0 Å². The van der Waals surface area contributed by atoms with Crippen LogP contribution in [-0.4, -0.2) is 41.3 Å². The van der Waals surface area contributed by atoms with Crippen LogP contribution >= 0.6 is 0 Å². The molecule has 4 atom stereocenters. The number of nitrogens with zero attached hydrogens (tertiary/aromatic N) is 1. The highest BCUT2D eigenvalue weighted by Crippen LogP contribution is 2.25. The predicted molar refractivity (Wildman–Crippen MR) is 66.7 cm³/mol. The molecule has 17 heavy (non-hydrogen) atoms. The fraction of sp³-hybridized carbons (Fsp3) is 0.923. The van der Waals surface area contributed by atoms with E-state index in [0.29, 0.717) is 24.4 Å². The first kappa shape index (κ1) is 12.7. The Morgan fingerprint density at radius 3 is 2.59 bits per heavy atom. The maximum atomic E-state index is 12.1. The first-order valence-corrected chi connectivity index (χ1v) is 6.81. The SMILES string of the molecule is CC1CCN(C(=O)NC2CCCC2C)CC1O. The average Bonchev–Trinajstić information content (AvgIpc) is 2.68. The van der Waals surface area contributed by atoms with Crippen LogP contribution in [0.25, 0.3) is 0 Å². The first-order chi connectivity index (χ1) is 8.08. The number of rotatable bonds is 1. The quantitative estimate of drug-likeness (QED) is 0.731. The Morgan fingerprint density at radius 1 is 1.24 bits per heavy atom. The molecular formula is C13H24N2O2. The fourth-order valence-corrected chi connectivity index (χ4v) is 2.84. The molecule has 1 saturated carbocycles. The molecule has 1 heterocycles. The summed E-state index contributed by atoms with van der Waals surface area (Å²) in [7, 11) is 0. The van der Waals surface area contributed by atoms with E-state index < -0.39 is 0 Å². The molecule has 4 unspecified atom stereocenters. The smallest absolute Gasteiger partial charge is 0.317 e. The van der Waals surface area contributed by atoms with Crippen molar-refractivity contribution in [3.05, 3.63) is 0 Å². The molecule has 0 aromatic rings. The van der Waals surface area contributed by atoms with Gasteiger partial charge < -0.3 is 15.3 Å². The maximum Gasteiger partial charge on any atom is 0.317 e. The van der Waals surface area contributed by atoms with Gasteiger partial charge in [-0.25, -0.2) is 4.79 Å². The Labute approximate surface area is 103 Å². The van der Waals surface area contributed by atoms with Crippen molar-refractivity contribution < 1.29 is 9.90 Å².